The molecule has 10 heteroatoms. The number of hydrogen-bond donors (Lipinski definition) is 1. The van der Waals surface area contributed by atoms with Crippen LogP contribution in [0, 0.1) is 0 Å². The Morgan fingerprint density at radius 3 is 1.27 bits per heavy atom. The van der Waals surface area contributed by atoms with Crippen LogP contribution in [0.2, 0.25) is 0 Å². The number of quaternary nitrogens is 1. The first-order chi connectivity index (χ1) is 37.4. The Kier molecular flexibility index (Phi) is 54.8. The van der Waals surface area contributed by atoms with Crippen molar-refractivity contribution in [3.05, 3.63) is 72.9 Å². The minimum absolute atomic E-state index is 0.0304. The molecule has 0 heterocycles. The number of amides is 1. The maximum absolute atomic E-state index is 13.5. The summed E-state index contributed by atoms with van der Waals surface area (Å²) in [5.74, 6) is -0.573. The molecule has 1 amide bonds. The zero-order valence-corrected chi connectivity index (χ0v) is 52.0. The van der Waals surface area contributed by atoms with Gasteiger partial charge in [-0.15, -0.1) is 0 Å². The van der Waals surface area contributed by atoms with Crippen molar-refractivity contribution in [3.8, 4) is 0 Å². The van der Waals surface area contributed by atoms with Gasteiger partial charge in [0.25, 0.3) is 7.82 Å². The molecule has 0 rings (SSSR count). The van der Waals surface area contributed by atoms with Gasteiger partial charge < -0.3 is 28.5 Å². The molecule has 0 aliphatic carbocycles. The number of carbonyl (C=O) groups is 2. The number of allylic oxidation sites excluding steroid dienone is 11. The van der Waals surface area contributed by atoms with E-state index in [4.69, 9.17) is 13.8 Å². The summed E-state index contributed by atoms with van der Waals surface area (Å²) < 4.78 is 30.3. The second-order valence-electron chi connectivity index (χ2n) is 22.9. The Morgan fingerprint density at radius 2 is 0.831 bits per heavy atom. The van der Waals surface area contributed by atoms with E-state index < -0.39 is 26.6 Å². The van der Waals surface area contributed by atoms with Crippen molar-refractivity contribution in [1.82, 2.24) is 5.32 Å². The summed E-state index contributed by atoms with van der Waals surface area (Å²) in [4.78, 5) is 40.0. The van der Waals surface area contributed by atoms with Gasteiger partial charge in [0.05, 0.1) is 33.8 Å². The normalized spacial score (nSPS) is 14.1. The molecule has 0 aliphatic rings. The lowest BCUT2D eigenvalue weighted by Gasteiger charge is -2.30. The Hall–Kier alpha value is -2.55. The lowest BCUT2D eigenvalue weighted by molar-refractivity contribution is -0.870. The van der Waals surface area contributed by atoms with Gasteiger partial charge in [-0.05, 0) is 96.0 Å². The van der Waals surface area contributed by atoms with Crippen molar-refractivity contribution < 1.29 is 37.3 Å². The zero-order chi connectivity index (χ0) is 56.4. The van der Waals surface area contributed by atoms with Gasteiger partial charge >= 0.3 is 5.97 Å². The van der Waals surface area contributed by atoms with E-state index >= 15 is 0 Å². The molecule has 448 valence electrons. The number of rotatable bonds is 58. The maximum Gasteiger partial charge on any atom is 0.306 e. The topological polar surface area (TPSA) is 114 Å². The molecular weight excluding hydrogens is 976 g/mol. The monoisotopic (exact) mass is 1100 g/mol. The van der Waals surface area contributed by atoms with Gasteiger partial charge in [0.2, 0.25) is 5.91 Å². The van der Waals surface area contributed by atoms with Crippen LogP contribution in [-0.2, 0) is 27.9 Å². The molecule has 0 spiro atoms. The predicted molar refractivity (Wildman–Crippen MR) is 330 cm³/mol. The van der Waals surface area contributed by atoms with Crippen LogP contribution in [0.15, 0.2) is 72.9 Å². The molecule has 0 aromatic carbocycles. The van der Waals surface area contributed by atoms with Gasteiger partial charge in [-0.3, -0.25) is 14.2 Å². The number of unbranched alkanes of at least 4 members (excludes halogenated alkanes) is 32. The molecule has 3 atom stereocenters. The number of likely N-dealkylation sites (N-methyl/N-ethyl adjacent to an activating group) is 1. The number of ether oxygens (including phenoxy) is 1. The van der Waals surface area contributed by atoms with Crippen LogP contribution >= 0.6 is 7.82 Å². The van der Waals surface area contributed by atoms with E-state index in [0.717, 1.165) is 83.5 Å². The van der Waals surface area contributed by atoms with Crippen molar-refractivity contribution >= 4 is 19.7 Å². The average molecular weight is 1100 g/mol. The van der Waals surface area contributed by atoms with Crippen LogP contribution in [0.1, 0.15) is 290 Å². The summed E-state index contributed by atoms with van der Waals surface area (Å²) in [7, 11) is 1.16. The molecule has 0 bridgehead atoms. The lowest BCUT2D eigenvalue weighted by atomic mass is 10.0. The van der Waals surface area contributed by atoms with Crippen LogP contribution in [0.5, 0.6) is 0 Å². The highest BCUT2D eigenvalue weighted by Crippen LogP contribution is 2.38. The first kappa shape index (κ1) is 74.5. The summed E-state index contributed by atoms with van der Waals surface area (Å²) >= 11 is 0. The second-order valence-corrected chi connectivity index (χ2v) is 24.3. The number of nitrogens with one attached hydrogen (secondary N) is 1. The Bertz CT molecular complexity index is 1550. The number of phosphoric acid groups is 1. The summed E-state index contributed by atoms with van der Waals surface area (Å²) in [5, 5.41) is 3.01. The number of hydrogen-bond acceptors (Lipinski definition) is 7. The van der Waals surface area contributed by atoms with Gasteiger partial charge in [-0.25, -0.2) is 0 Å². The highest BCUT2D eigenvalue weighted by molar-refractivity contribution is 7.45. The van der Waals surface area contributed by atoms with E-state index in [0.29, 0.717) is 17.4 Å². The van der Waals surface area contributed by atoms with E-state index in [1.165, 1.54) is 167 Å². The lowest BCUT2D eigenvalue weighted by Crippen LogP contribution is -2.47. The highest BCUT2D eigenvalue weighted by atomic mass is 31.2. The van der Waals surface area contributed by atoms with Crippen molar-refractivity contribution in [1.29, 1.82) is 0 Å². The van der Waals surface area contributed by atoms with E-state index in [1.807, 2.05) is 33.3 Å². The fraction of sp³-hybridized carbons (Fsp3) is 0.791. The second kappa shape index (κ2) is 56.7. The van der Waals surface area contributed by atoms with Crippen LogP contribution in [0.25, 0.3) is 0 Å². The van der Waals surface area contributed by atoms with Crippen molar-refractivity contribution in [2.24, 2.45) is 0 Å². The maximum atomic E-state index is 13.5. The molecule has 0 saturated heterocycles. The third-order valence-electron chi connectivity index (χ3n) is 14.1. The molecule has 0 aliphatic heterocycles. The van der Waals surface area contributed by atoms with Crippen molar-refractivity contribution in [3.63, 3.8) is 0 Å². The predicted octanol–water partition coefficient (Wildman–Crippen LogP) is 19.4. The first-order valence-corrected chi connectivity index (χ1v) is 33.7. The van der Waals surface area contributed by atoms with Gasteiger partial charge in [-0.1, -0.05) is 255 Å². The van der Waals surface area contributed by atoms with E-state index in [1.54, 1.807) is 0 Å². The van der Waals surface area contributed by atoms with Crippen LogP contribution < -0.4 is 10.2 Å². The molecule has 0 fully saturated rings. The molecule has 0 radical (unpaired) electrons. The SMILES string of the molecule is CC/C=C/C/C=C/C/C=C/C/C=C/CCCCCC(=O)NC(COP(=O)([O-])OCC[N+](C)(C)C)C(/C=C\CCCCCCCCCCCC)OC(=O)CCCCCCCCCCCCCCC/C=C/CCCCCCCC. The summed E-state index contributed by atoms with van der Waals surface area (Å²) in [6.07, 6.45) is 73.1. The fourth-order valence-electron chi connectivity index (χ4n) is 9.16. The molecule has 3 unspecified atom stereocenters. The third-order valence-corrected chi connectivity index (χ3v) is 15.1. The van der Waals surface area contributed by atoms with Gasteiger partial charge in [-0.2, -0.15) is 0 Å². The number of nitrogens with zero attached hydrogens (tertiary/aromatic N) is 1. The summed E-state index contributed by atoms with van der Waals surface area (Å²) in [6.45, 7) is 6.71. The minimum Gasteiger partial charge on any atom is -0.756 e. The Labute approximate surface area is 476 Å². The first-order valence-electron chi connectivity index (χ1n) is 32.2. The largest absolute Gasteiger partial charge is 0.756 e. The Balaban J connectivity index is 5.19. The molecule has 0 saturated carbocycles. The quantitative estimate of drug-likeness (QED) is 0.0212. The molecule has 1 N–H and O–H groups in total. The number of phosphoric ester groups is 1. The molecule has 0 aromatic rings. The molecule has 9 nitrogen and oxygen atoms in total. The van der Waals surface area contributed by atoms with Gasteiger partial charge in [0.15, 0.2) is 0 Å². The van der Waals surface area contributed by atoms with Crippen LogP contribution in [0.4, 0.5) is 0 Å². The van der Waals surface area contributed by atoms with Gasteiger partial charge in [0, 0.05) is 12.8 Å². The number of carbonyl (C=O) groups excluding carboxylic acids is 2. The number of esters is 1. The molecular formula is C67H123N2O7P. The van der Waals surface area contributed by atoms with E-state index in [2.05, 4.69) is 86.8 Å². The molecule has 77 heavy (non-hydrogen) atoms. The van der Waals surface area contributed by atoms with Crippen molar-refractivity contribution in [2.75, 3.05) is 40.9 Å². The van der Waals surface area contributed by atoms with E-state index in [-0.39, 0.29) is 31.3 Å². The fourth-order valence-corrected chi connectivity index (χ4v) is 9.88. The summed E-state index contributed by atoms with van der Waals surface area (Å²) in [6, 6.07) is -0.907. The smallest absolute Gasteiger partial charge is 0.306 e. The standard InChI is InChI=1S/C67H123N2O7P/c1-7-10-13-16-19-22-25-28-30-32-33-34-35-36-37-38-40-42-45-48-51-54-57-60-67(71)76-65(58-55-52-49-46-43-27-24-21-18-15-12-9-3)64(63-75-77(72,73)74-62-61-69(4,5)6)68-66(70)59-56-53-50-47-44-41-39-31-29-26-23-20-17-14-11-8-2/h11,14,20,23,28-31,41,44,55,58,64-65H,7-10,12-13,15-19,21-22,24-27,32-40,42-43,45-54,56-57,59-63H2,1-6H3,(H-,68,70,72,73)/b14-11+,23-20+,30-28+,31-29+,44-41+,58-55-. The third kappa shape index (κ3) is 57.9. The summed E-state index contributed by atoms with van der Waals surface area (Å²) in [5.41, 5.74) is 0. The van der Waals surface area contributed by atoms with Crippen molar-refractivity contribution in [2.45, 2.75) is 303 Å². The zero-order valence-electron chi connectivity index (χ0n) is 51.2. The Morgan fingerprint density at radius 1 is 0.468 bits per heavy atom. The van der Waals surface area contributed by atoms with Crippen LogP contribution in [0.3, 0.4) is 0 Å². The van der Waals surface area contributed by atoms with Crippen LogP contribution in [-0.4, -0.2) is 69.4 Å². The highest BCUT2D eigenvalue weighted by Gasteiger charge is 2.27. The minimum atomic E-state index is -4.71. The van der Waals surface area contributed by atoms with E-state index in [9.17, 15) is 19.0 Å². The average Bonchev–Trinajstić information content (AvgIpc) is 3.39. The van der Waals surface area contributed by atoms with Gasteiger partial charge in [0.1, 0.15) is 19.3 Å². The molecule has 0 aromatic heterocycles.